The van der Waals surface area contributed by atoms with Crippen LogP contribution in [0.15, 0.2) is 90.0 Å². The van der Waals surface area contributed by atoms with Gasteiger partial charge in [0.25, 0.3) is 15.9 Å². The molecule has 2 N–H and O–H groups in total. The molecule has 0 spiro atoms. The molecule has 0 radical (unpaired) electrons. The van der Waals surface area contributed by atoms with E-state index in [1.54, 1.807) is 24.3 Å². The Labute approximate surface area is 198 Å². The second-order valence-electron chi connectivity index (χ2n) is 8.33. The second-order valence-corrected chi connectivity index (χ2v) is 9.98. The third kappa shape index (κ3) is 4.49. The van der Waals surface area contributed by atoms with Gasteiger partial charge in [0, 0.05) is 13.0 Å². The number of rotatable bonds is 7. The number of sulfonamides is 1. The van der Waals surface area contributed by atoms with Crippen LogP contribution in [0.3, 0.4) is 0 Å². The SMILES string of the molecule is O=C(NC(c1ccccc1)C1CC1)c1cc(F)ccc1NS(=O)(=O)c1cccc2cccnc12.[HH]. The Morgan fingerprint density at radius 1 is 1.00 bits per heavy atom. The van der Waals surface area contributed by atoms with Crippen LogP contribution in [-0.2, 0) is 10.0 Å². The van der Waals surface area contributed by atoms with Crippen LogP contribution in [0.2, 0.25) is 0 Å². The van der Waals surface area contributed by atoms with E-state index in [2.05, 4.69) is 15.0 Å². The summed E-state index contributed by atoms with van der Waals surface area (Å²) in [4.78, 5) is 17.4. The highest BCUT2D eigenvalue weighted by Crippen LogP contribution is 2.41. The second kappa shape index (κ2) is 8.87. The molecule has 1 aliphatic carbocycles. The molecule has 4 aromatic rings. The van der Waals surface area contributed by atoms with Crippen molar-refractivity contribution in [1.82, 2.24) is 10.3 Å². The molecule has 3 aromatic carbocycles. The first kappa shape index (κ1) is 22.0. The fraction of sp³-hybridized carbons (Fsp3) is 0.154. The number of carbonyl (C=O) groups is 1. The van der Waals surface area contributed by atoms with Gasteiger partial charge in [-0.2, -0.15) is 0 Å². The number of amides is 1. The van der Waals surface area contributed by atoms with Gasteiger partial charge in [-0.05, 0) is 54.7 Å². The number of hydrogen-bond donors (Lipinski definition) is 2. The van der Waals surface area contributed by atoms with Gasteiger partial charge in [0.05, 0.1) is 22.8 Å². The predicted octanol–water partition coefficient (Wildman–Crippen LogP) is 5.30. The minimum Gasteiger partial charge on any atom is -0.345 e. The molecule has 0 saturated heterocycles. The van der Waals surface area contributed by atoms with Crippen molar-refractivity contribution in [1.29, 1.82) is 0 Å². The van der Waals surface area contributed by atoms with Gasteiger partial charge in [0.1, 0.15) is 10.7 Å². The van der Waals surface area contributed by atoms with Gasteiger partial charge >= 0.3 is 0 Å². The summed E-state index contributed by atoms with van der Waals surface area (Å²) in [6.45, 7) is 0. The molecule has 1 aliphatic rings. The van der Waals surface area contributed by atoms with Crippen LogP contribution in [0.25, 0.3) is 10.9 Å². The smallest absolute Gasteiger partial charge is 0.264 e. The minimum absolute atomic E-state index is 0. The number of nitrogens with zero attached hydrogens (tertiary/aromatic N) is 1. The zero-order valence-electron chi connectivity index (χ0n) is 18.1. The van der Waals surface area contributed by atoms with Gasteiger partial charge in [0.15, 0.2) is 0 Å². The first-order valence-electron chi connectivity index (χ1n) is 10.9. The molecular weight excluding hydrogens is 453 g/mol. The summed E-state index contributed by atoms with van der Waals surface area (Å²) in [6.07, 6.45) is 3.48. The Morgan fingerprint density at radius 2 is 1.76 bits per heavy atom. The van der Waals surface area contributed by atoms with E-state index in [0.717, 1.165) is 30.5 Å². The molecule has 0 bridgehead atoms. The zero-order valence-corrected chi connectivity index (χ0v) is 18.9. The maximum Gasteiger partial charge on any atom is 0.264 e. The van der Waals surface area contributed by atoms with E-state index in [-0.39, 0.29) is 23.6 Å². The number of hydrogen-bond acceptors (Lipinski definition) is 4. The number of aromatic nitrogens is 1. The molecule has 8 heteroatoms. The van der Waals surface area contributed by atoms with E-state index in [9.17, 15) is 17.6 Å². The maximum atomic E-state index is 14.1. The Balaban J connectivity index is 0.00000289. The highest BCUT2D eigenvalue weighted by molar-refractivity contribution is 7.93. The third-order valence-corrected chi connectivity index (χ3v) is 7.29. The maximum absolute atomic E-state index is 14.1. The van der Waals surface area contributed by atoms with Gasteiger partial charge in [-0.25, -0.2) is 12.8 Å². The molecule has 1 heterocycles. The molecular formula is C26H24FN3O3S. The zero-order chi connectivity index (χ0) is 23.7. The summed E-state index contributed by atoms with van der Waals surface area (Å²) in [5.41, 5.74) is 1.18. The van der Waals surface area contributed by atoms with Crippen LogP contribution in [0.5, 0.6) is 0 Å². The van der Waals surface area contributed by atoms with Crippen LogP contribution >= 0.6 is 0 Å². The summed E-state index contributed by atoms with van der Waals surface area (Å²) < 4.78 is 43.1. The van der Waals surface area contributed by atoms with Crippen molar-refractivity contribution in [3.63, 3.8) is 0 Å². The molecule has 1 aromatic heterocycles. The number of benzene rings is 3. The van der Waals surface area contributed by atoms with Crippen molar-refractivity contribution in [2.75, 3.05) is 4.72 Å². The van der Waals surface area contributed by atoms with Gasteiger partial charge in [-0.1, -0.05) is 48.5 Å². The summed E-state index contributed by atoms with van der Waals surface area (Å²) in [5.74, 6) is -0.890. The highest BCUT2D eigenvalue weighted by atomic mass is 32.2. The van der Waals surface area contributed by atoms with Gasteiger partial charge in [0.2, 0.25) is 0 Å². The lowest BCUT2D eigenvalue weighted by Gasteiger charge is -2.20. The molecule has 0 aliphatic heterocycles. The van der Waals surface area contributed by atoms with E-state index in [0.29, 0.717) is 16.8 Å². The van der Waals surface area contributed by atoms with Gasteiger partial charge in [-0.15, -0.1) is 0 Å². The average Bonchev–Trinajstić information content (AvgIpc) is 3.69. The number of pyridine rings is 1. The van der Waals surface area contributed by atoms with Crippen LogP contribution < -0.4 is 10.0 Å². The summed E-state index contributed by atoms with van der Waals surface area (Å²) in [5, 5.41) is 3.65. The number of nitrogens with one attached hydrogen (secondary N) is 2. The molecule has 1 amide bonds. The van der Waals surface area contributed by atoms with Crippen molar-refractivity contribution < 1.29 is 19.0 Å². The van der Waals surface area contributed by atoms with E-state index < -0.39 is 21.7 Å². The largest absolute Gasteiger partial charge is 0.345 e. The fourth-order valence-electron chi connectivity index (χ4n) is 4.07. The van der Waals surface area contributed by atoms with Crippen LogP contribution in [0, 0.1) is 11.7 Å². The number of para-hydroxylation sites is 1. The standard InChI is InChI=1S/C26H22FN3O3S.H2/c27-20-13-14-22(30-34(32,33)23-10-4-8-18-9-5-15-28-25(18)23)21(16-20)26(31)29-24(19-11-12-19)17-6-2-1-3-7-17;/h1-10,13-16,19,24,30H,11-12H2,(H,29,31);1H. The van der Waals surface area contributed by atoms with E-state index >= 15 is 0 Å². The van der Waals surface area contributed by atoms with Crippen LogP contribution in [-0.4, -0.2) is 19.3 Å². The van der Waals surface area contributed by atoms with Crippen molar-refractivity contribution in [2.45, 2.75) is 23.8 Å². The lowest BCUT2D eigenvalue weighted by molar-refractivity contribution is 0.0932. The number of fused-ring (bicyclic) bond motifs is 1. The first-order chi connectivity index (χ1) is 16.4. The number of anilines is 1. The summed E-state index contributed by atoms with van der Waals surface area (Å²) in [7, 11) is -4.11. The van der Waals surface area contributed by atoms with Crippen molar-refractivity contribution in [2.24, 2.45) is 5.92 Å². The summed E-state index contributed by atoms with van der Waals surface area (Å²) in [6, 6.07) is 21.1. The van der Waals surface area contributed by atoms with E-state index in [4.69, 9.17) is 0 Å². The van der Waals surface area contributed by atoms with Gasteiger partial charge < -0.3 is 5.32 Å². The van der Waals surface area contributed by atoms with Crippen LogP contribution in [0.1, 0.15) is 36.2 Å². The Bertz CT molecular complexity index is 1470. The van der Waals surface area contributed by atoms with Crippen molar-refractivity contribution in [3.8, 4) is 0 Å². The highest BCUT2D eigenvalue weighted by Gasteiger charge is 2.34. The monoisotopic (exact) mass is 477 g/mol. The predicted molar refractivity (Wildman–Crippen MR) is 130 cm³/mol. The molecule has 6 nitrogen and oxygen atoms in total. The lowest BCUT2D eigenvalue weighted by Crippen LogP contribution is -2.31. The van der Waals surface area contributed by atoms with Crippen LogP contribution in [0.4, 0.5) is 10.1 Å². The van der Waals surface area contributed by atoms with E-state index in [1.807, 2.05) is 30.3 Å². The molecule has 34 heavy (non-hydrogen) atoms. The van der Waals surface area contributed by atoms with Gasteiger partial charge in [-0.3, -0.25) is 14.5 Å². The van der Waals surface area contributed by atoms with E-state index in [1.165, 1.54) is 18.3 Å². The van der Waals surface area contributed by atoms with Crippen molar-refractivity contribution in [3.05, 3.63) is 102 Å². The quantitative estimate of drug-likeness (QED) is 0.378. The Hall–Kier alpha value is -3.78. The molecule has 174 valence electrons. The molecule has 1 fully saturated rings. The fourth-order valence-corrected chi connectivity index (χ4v) is 5.33. The number of halogens is 1. The lowest BCUT2D eigenvalue weighted by atomic mass is 10.0. The topological polar surface area (TPSA) is 88.2 Å². The molecule has 1 saturated carbocycles. The number of carbonyl (C=O) groups excluding carboxylic acids is 1. The summed E-state index contributed by atoms with van der Waals surface area (Å²) >= 11 is 0. The Kier molecular flexibility index (Phi) is 5.75. The minimum atomic E-state index is -4.11. The first-order valence-corrected chi connectivity index (χ1v) is 12.4. The van der Waals surface area contributed by atoms with Crippen molar-refractivity contribution >= 4 is 32.5 Å². The molecule has 5 rings (SSSR count). The normalized spacial score (nSPS) is 14.5. The molecule has 1 unspecified atom stereocenters. The third-order valence-electron chi connectivity index (χ3n) is 5.89. The average molecular weight is 478 g/mol. The molecule has 1 atom stereocenters. The Morgan fingerprint density at radius 3 is 2.53 bits per heavy atom.